The van der Waals surface area contributed by atoms with Crippen molar-refractivity contribution in [2.75, 3.05) is 6.61 Å². The Morgan fingerprint density at radius 1 is 1.38 bits per heavy atom. The number of hydrogen-bond acceptors (Lipinski definition) is 3. The number of rotatable bonds is 5. The van der Waals surface area contributed by atoms with Crippen LogP contribution in [-0.4, -0.2) is 24.8 Å². The summed E-state index contributed by atoms with van der Waals surface area (Å²) in [6.45, 7) is 7.45. The van der Waals surface area contributed by atoms with E-state index in [1.54, 1.807) is 6.92 Å². The van der Waals surface area contributed by atoms with Gasteiger partial charge in [0.05, 0.1) is 12.2 Å². The molecule has 0 aliphatic heterocycles. The van der Waals surface area contributed by atoms with Crippen molar-refractivity contribution in [3.8, 4) is 0 Å². The van der Waals surface area contributed by atoms with Gasteiger partial charge in [0.1, 0.15) is 6.61 Å². The number of carbonyl (C=O) groups is 1. The van der Waals surface area contributed by atoms with E-state index in [0.717, 1.165) is 12.8 Å². The Morgan fingerprint density at radius 3 is 2.56 bits per heavy atom. The van der Waals surface area contributed by atoms with Gasteiger partial charge in [-0.05, 0) is 26.7 Å². The van der Waals surface area contributed by atoms with Crippen molar-refractivity contribution in [3.63, 3.8) is 0 Å². The van der Waals surface area contributed by atoms with E-state index in [0.29, 0.717) is 18.3 Å². The first-order valence-electron chi connectivity index (χ1n) is 6.07. The normalized spacial score (nSPS) is 19.1. The lowest BCUT2D eigenvalue weighted by atomic mass is 9.98. The Balaban J connectivity index is 2.17. The topological polar surface area (TPSA) is 35.5 Å². The average Bonchev–Trinajstić information content (AvgIpc) is 2.27. The Hall–Kier alpha value is -0.830. The summed E-state index contributed by atoms with van der Waals surface area (Å²) in [6, 6.07) is 0. The standard InChI is InChI=1S/C13H22O3/c1-10(2)13(14)15-9-11(3)16-12-7-5-4-6-8-12/h11-12H,1,4-9H2,2-3H3. The summed E-state index contributed by atoms with van der Waals surface area (Å²) >= 11 is 0. The lowest BCUT2D eigenvalue weighted by Gasteiger charge is -2.25. The quantitative estimate of drug-likeness (QED) is 0.534. The second kappa shape index (κ2) is 6.69. The third-order valence-corrected chi connectivity index (χ3v) is 2.77. The van der Waals surface area contributed by atoms with Gasteiger partial charge in [0.2, 0.25) is 0 Å². The molecule has 1 atom stereocenters. The van der Waals surface area contributed by atoms with Crippen molar-refractivity contribution >= 4 is 5.97 Å². The van der Waals surface area contributed by atoms with Gasteiger partial charge in [-0.25, -0.2) is 4.79 Å². The van der Waals surface area contributed by atoms with E-state index in [-0.39, 0.29) is 12.1 Å². The van der Waals surface area contributed by atoms with Gasteiger partial charge in [0, 0.05) is 5.57 Å². The lowest BCUT2D eigenvalue weighted by Crippen LogP contribution is -2.26. The van der Waals surface area contributed by atoms with E-state index in [1.807, 2.05) is 6.92 Å². The highest BCUT2D eigenvalue weighted by molar-refractivity contribution is 5.86. The summed E-state index contributed by atoms with van der Waals surface area (Å²) in [4.78, 5) is 11.2. The Bertz CT molecular complexity index is 242. The summed E-state index contributed by atoms with van der Waals surface area (Å²) in [7, 11) is 0. The van der Waals surface area contributed by atoms with Gasteiger partial charge in [-0.15, -0.1) is 0 Å². The van der Waals surface area contributed by atoms with E-state index in [2.05, 4.69) is 6.58 Å². The fourth-order valence-electron chi connectivity index (χ4n) is 1.89. The fourth-order valence-corrected chi connectivity index (χ4v) is 1.89. The fraction of sp³-hybridized carbons (Fsp3) is 0.769. The largest absolute Gasteiger partial charge is 0.460 e. The molecule has 1 saturated carbocycles. The van der Waals surface area contributed by atoms with E-state index in [4.69, 9.17) is 9.47 Å². The van der Waals surface area contributed by atoms with Crippen molar-refractivity contribution < 1.29 is 14.3 Å². The SMILES string of the molecule is C=C(C)C(=O)OCC(C)OC1CCCCC1. The number of ether oxygens (including phenoxy) is 2. The average molecular weight is 226 g/mol. The number of esters is 1. The van der Waals surface area contributed by atoms with Crippen molar-refractivity contribution in [1.29, 1.82) is 0 Å². The molecule has 0 N–H and O–H groups in total. The highest BCUT2D eigenvalue weighted by Gasteiger charge is 2.17. The van der Waals surface area contributed by atoms with Crippen molar-refractivity contribution in [1.82, 2.24) is 0 Å². The Morgan fingerprint density at radius 2 is 2.00 bits per heavy atom. The highest BCUT2D eigenvalue weighted by Crippen LogP contribution is 2.21. The van der Waals surface area contributed by atoms with Crippen LogP contribution in [0.4, 0.5) is 0 Å². The molecule has 3 heteroatoms. The van der Waals surface area contributed by atoms with Crippen LogP contribution in [0.25, 0.3) is 0 Å². The highest BCUT2D eigenvalue weighted by atomic mass is 16.6. The Kier molecular flexibility index (Phi) is 5.53. The first kappa shape index (κ1) is 13.2. The zero-order chi connectivity index (χ0) is 12.0. The predicted molar refractivity (Wildman–Crippen MR) is 63.2 cm³/mol. The first-order chi connectivity index (χ1) is 7.59. The molecular weight excluding hydrogens is 204 g/mol. The van der Waals surface area contributed by atoms with Crippen LogP contribution in [0.5, 0.6) is 0 Å². The molecule has 0 amide bonds. The van der Waals surface area contributed by atoms with Crippen LogP contribution in [0.1, 0.15) is 46.0 Å². The molecule has 1 rings (SSSR count). The molecular formula is C13H22O3. The van der Waals surface area contributed by atoms with E-state index in [9.17, 15) is 4.79 Å². The maximum Gasteiger partial charge on any atom is 0.333 e. The molecule has 0 aromatic carbocycles. The summed E-state index contributed by atoms with van der Waals surface area (Å²) in [5.74, 6) is -0.334. The first-order valence-corrected chi connectivity index (χ1v) is 6.07. The van der Waals surface area contributed by atoms with Crippen LogP contribution in [0.2, 0.25) is 0 Å². The molecule has 1 unspecified atom stereocenters. The molecule has 0 saturated heterocycles. The predicted octanol–water partition coefficient (Wildman–Crippen LogP) is 2.84. The van der Waals surface area contributed by atoms with Crippen molar-refractivity contribution in [2.45, 2.75) is 58.2 Å². The number of carbonyl (C=O) groups excluding carboxylic acids is 1. The van der Waals surface area contributed by atoms with Crippen LogP contribution >= 0.6 is 0 Å². The molecule has 0 radical (unpaired) electrons. The summed E-state index contributed by atoms with van der Waals surface area (Å²) in [5, 5.41) is 0. The van der Waals surface area contributed by atoms with Crippen LogP contribution in [0.15, 0.2) is 12.2 Å². The maximum atomic E-state index is 11.2. The van der Waals surface area contributed by atoms with Crippen LogP contribution in [0.3, 0.4) is 0 Å². The summed E-state index contributed by atoms with van der Waals surface area (Å²) in [5.41, 5.74) is 0.435. The zero-order valence-corrected chi connectivity index (χ0v) is 10.3. The molecule has 92 valence electrons. The molecule has 1 aliphatic rings. The second-order valence-electron chi connectivity index (χ2n) is 4.59. The summed E-state index contributed by atoms with van der Waals surface area (Å²) in [6.07, 6.45) is 6.43. The minimum absolute atomic E-state index is 0.0219. The second-order valence-corrected chi connectivity index (χ2v) is 4.59. The molecule has 1 fully saturated rings. The van der Waals surface area contributed by atoms with E-state index >= 15 is 0 Å². The minimum atomic E-state index is -0.334. The summed E-state index contributed by atoms with van der Waals surface area (Å²) < 4.78 is 10.9. The third kappa shape index (κ3) is 4.79. The number of hydrogen-bond donors (Lipinski definition) is 0. The smallest absolute Gasteiger partial charge is 0.333 e. The van der Waals surface area contributed by atoms with E-state index < -0.39 is 0 Å². The van der Waals surface area contributed by atoms with Crippen LogP contribution in [-0.2, 0) is 14.3 Å². The molecule has 3 nitrogen and oxygen atoms in total. The van der Waals surface area contributed by atoms with Gasteiger partial charge in [0.25, 0.3) is 0 Å². The zero-order valence-electron chi connectivity index (χ0n) is 10.3. The molecule has 0 aromatic heterocycles. The molecule has 0 aromatic rings. The van der Waals surface area contributed by atoms with Crippen molar-refractivity contribution in [2.24, 2.45) is 0 Å². The van der Waals surface area contributed by atoms with Crippen molar-refractivity contribution in [3.05, 3.63) is 12.2 Å². The van der Waals surface area contributed by atoms with Gasteiger partial charge in [0.15, 0.2) is 0 Å². The molecule has 0 spiro atoms. The Labute approximate surface area is 97.8 Å². The molecule has 0 bridgehead atoms. The monoisotopic (exact) mass is 226 g/mol. The molecule has 0 heterocycles. The maximum absolute atomic E-state index is 11.2. The van der Waals surface area contributed by atoms with Crippen LogP contribution in [0, 0.1) is 0 Å². The van der Waals surface area contributed by atoms with Gasteiger partial charge >= 0.3 is 5.97 Å². The molecule has 1 aliphatic carbocycles. The van der Waals surface area contributed by atoms with Gasteiger partial charge in [-0.1, -0.05) is 25.8 Å². The van der Waals surface area contributed by atoms with Gasteiger partial charge in [-0.2, -0.15) is 0 Å². The minimum Gasteiger partial charge on any atom is -0.460 e. The van der Waals surface area contributed by atoms with Gasteiger partial charge < -0.3 is 9.47 Å². The van der Waals surface area contributed by atoms with Gasteiger partial charge in [-0.3, -0.25) is 0 Å². The molecule has 16 heavy (non-hydrogen) atoms. The van der Waals surface area contributed by atoms with Crippen LogP contribution < -0.4 is 0 Å². The van der Waals surface area contributed by atoms with E-state index in [1.165, 1.54) is 19.3 Å². The lowest BCUT2D eigenvalue weighted by molar-refractivity contribution is -0.144. The third-order valence-electron chi connectivity index (χ3n) is 2.77.